The molecule has 4 N–H and O–H groups in total. The fourth-order valence-electron chi connectivity index (χ4n) is 3.13. The van der Waals surface area contributed by atoms with Gasteiger partial charge in [0.15, 0.2) is 6.54 Å². The molecule has 1 saturated heterocycles. The maximum atomic E-state index is 12.2. The summed E-state index contributed by atoms with van der Waals surface area (Å²) in [5, 5.41) is 3.06. The molecule has 1 aliphatic heterocycles. The van der Waals surface area contributed by atoms with Crippen LogP contribution in [-0.2, 0) is 16.0 Å². The Morgan fingerprint density at radius 1 is 1.26 bits per heavy atom. The summed E-state index contributed by atoms with van der Waals surface area (Å²) in [4.78, 5) is 24.6. The van der Waals surface area contributed by atoms with Gasteiger partial charge in [-0.05, 0) is 24.5 Å². The Balaban J connectivity index is 1.79. The lowest BCUT2D eigenvalue weighted by molar-refractivity contribution is -0.897. The van der Waals surface area contributed by atoms with Gasteiger partial charge in [0.05, 0.1) is 19.1 Å². The summed E-state index contributed by atoms with van der Waals surface area (Å²) in [6.07, 6.45) is 2.59. The molecule has 23 heavy (non-hydrogen) atoms. The summed E-state index contributed by atoms with van der Waals surface area (Å²) in [6, 6.07) is 8.38. The Labute approximate surface area is 138 Å². The molecule has 1 aromatic rings. The quantitative estimate of drug-likeness (QED) is 0.701. The summed E-state index contributed by atoms with van der Waals surface area (Å²) < 4.78 is 0. The normalized spacial score (nSPS) is 22.3. The topological polar surface area (TPSA) is 76.6 Å². The molecule has 0 radical (unpaired) electrons. The zero-order chi connectivity index (χ0) is 16.8. The zero-order valence-electron chi connectivity index (χ0n) is 14.1. The van der Waals surface area contributed by atoms with Crippen molar-refractivity contribution in [2.75, 3.05) is 19.6 Å². The van der Waals surface area contributed by atoms with Crippen molar-refractivity contribution in [2.24, 2.45) is 11.7 Å². The van der Waals surface area contributed by atoms with Crippen molar-refractivity contribution < 1.29 is 14.5 Å². The van der Waals surface area contributed by atoms with Gasteiger partial charge in [-0.15, -0.1) is 0 Å². The molecular weight excluding hydrogens is 290 g/mol. The molecule has 5 nitrogen and oxygen atoms in total. The van der Waals surface area contributed by atoms with Gasteiger partial charge < -0.3 is 16.0 Å². The first-order valence-electron chi connectivity index (χ1n) is 8.50. The lowest BCUT2D eigenvalue weighted by atomic mass is 9.96. The van der Waals surface area contributed by atoms with Crippen LogP contribution in [0, 0.1) is 5.92 Å². The number of rotatable bonds is 6. The minimum Gasteiger partial charge on any atom is -0.369 e. The molecule has 0 aromatic heterocycles. The van der Waals surface area contributed by atoms with Crippen LogP contribution in [0.2, 0.25) is 0 Å². The smallest absolute Gasteiger partial charge is 0.275 e. The molecule has 2 rings (SSSR count). The van der Waals surface area contributed by atoms with Crippen molar-refractivity contribution in [2.45, 2.75) is 39.2 Å². The van der Waals surface area contributed by atoms with E-state index in [9.17, 15) is 9.59 Å². The van der Waals surface area contributed by atoms with Gasteiger partial charge in [0.25, 0.3) is 5.91 Å². The molecule has 0 bridgehead atoms. The van der Waals surface area contributed by atoms with E-state index in [-0.39, 0.29) is 23.8 Å². The molecule has 0 aliphatic carbocycles. The number of nitrogens with one attached hydrogen (secondary N) is 2. The number of quaternary nitrogens is 1. The summed E-state index contributed by atoms with van der Waals surface area (Å²) in [5.41, 5.74) is 7.76. The van der Waals surface area contributed by atoms with E-state index in [4.69, 9.17) is 5.73 Å². The first-order chi connectivity index (χ1) is 11.0. The van der Waals surface area contributed by atoms with Crippen LogP contribution in [0.3, 0.4) is 0 Å². The second-order valence-corrected chi connectivity index (χ2v) is 6.49. The van der Waals surface area contributed by atoms with E-state index in [2.05, 4.69) is 36.5 Å². The molecule has 5 heteroatoms. The molecule has 2 amide bonds. The number of hydrogen-bond donors (Lipinski definition) is 3. The molecule has 0 spiro atoms. The average molecular weight is 318 g/mol. The fraction of sp³-hybridized carbons (Fsp3) is 0.556. The van der Waals surface area contributed by atoms with Crippen molar-refractivity contribution in [3.05, 3.63) is 35.4 Å². The van der Waals surface area contributed by atoms with Crippen LogP contribution in [0.15, 0.2) is 24.3 Å². The molecule has 1 heterocycles. The van der Waals surface area contributed by atoms with Crippen molar-refractivity contribution in [1.82, 2.24) is 5.32 Å². The van der Waals surface area contributed by atoms with Gasteiger partial charge in [-0.25, -0.2) is 0 Å². The van der Waals surface area contributed by atoms with Crippen LogP contribution in [0.1, 0.15) is 43.9 Å². The predicted octanol–water partition coefficient (Wildman–Crippen LogP) is 0.206. The van der Waals surface area contributed by atoms with E-state index in [1.54, 1.807) is 0 Å². The third-order valence-electron chi connectivity index (χ3n) is 4.77. The van der Waals surface area contributed by atoms with Crippen LogP contribution >= 0.6 is 0 Å². The molecule has 0 unspecified atom stereocenters. The third-order valence-corrected chi connectivity index (χ3v) is 4.77. The number of amides is 2. The largest absolute Gasteiger partial charge is 0.369 e. The molecule has 0 saturated carbocycles. The maximum Gasteiger partial charge on any atom is 0.275 e. The SMILES string of the molecule is CCc1ccc([C@@H](C)NC(=O)C[NH+]2CCC(C(N)=O)CC2)cc1. The first-order valence-corrected chi connectivity index (χ1v) is 8.50. The maximum absolute atomic E-state index is 12.2. The summed E-state index contributed by atoms with van der Waals surface area (Å²) in [5.74, 6) is -0.167. The highest BCUT2D eigenvalue weighted by Gasteiger charge is 2.27. The highest BCUT2D eigenvalue weighted by molar-refractivity contribution is 5.77. The number of piperidine rings is 1. The third kappa shape index (κ3) is 5.06. The Morgan fingerprint density at radius 2 is 1.87 bits per heavy atom. The van der Waals surface area contributed by atoms with Gasteiger partial charge in [-0.2, -0.15) is 0 Å². The Hall–Kier alpha value is -1.88. The summed E-state index contributed by atoms with van der Waals surface area (Å²) >= 11 is 0. The van der Waals surface area contributed by atoms with Gasteiger partial charge in [-0.3, -0.25) is 9.59 Å². The van der Waals surface area contributed by atoms with Crippen molar-refractivity contribution >= 4 is 11.8 Å². The minimum absolute atomic E-state index is 0.0102. The minimum atomic E-state index is -0.211. The van der Waals surface area contributed by atoms with Gasteiger partial charge >= 0.3 is 0 Å². The molecule has 1 aromatic carbocycles. The standard InChI is InChI=1S/C18H27N3O2/c1-3-14-4-6-15(7-5-14)13(2)20-17(22)12-21-10-8-16(9-11-21)18(19)23/h4-7,13,16H,3,8-12H2,1-2H3,(H2,19,23)(H,20,22)/p+1/t13-/m1/s1. The van der Waals surface area contributed by atoms with Gasteiger partial charge in [-0.1, -0.05) is 31.2 Å². The Morgan fingerprint density at radius 3 is 2.39 bits per heavy atom. The number of aryl methyl sites for hydroxylation is 1. The lowest BCUT2D eigenvalue weighted by Gasteiger charge is -2.27. The number of primary amides is 1. The molecule has 1 atom stereocenters. The van der Waals surface area contributed by atoms with Crippen LogP contribution in [0.25, 0.3) is 0 Å². The number of nitrogens with two attached hydrogens (primary N) is 1. The van der Waals surface area contributed by atoms with Crippen LogP contribution < -0.4 is 16.0 Å². The Kier molecular flexibility index (Phi) is 6.16. The molecule has 126 valence electrons. The number of carbonyl (C=O) groups excluding carboxylic acids is 2. The van der Waals surface area contributed by atoms with Crippen molar-refractivity contribution in [3.8, 4) is 0 Å². The van der Waals surface area contributed by atoms with Gasteiger partial charge in [0, 0.05) is 18.8 Å². The van der Waals surface area contributed by atoms with Crippen LogP contribution in [-0.4, -0.2) is 31.4 Å². The summed E-state index contributed by atoms with van der Waals surface area (Å²) in [6.45, 7) is 6.27. The zero-order valence-corrected chi connectivity index (χ0v) is 14.1. The number of benzene rings is 1. The van der Waals surface area contributed by atoms with E-state index in [0.29, 0.717) is 6.54 Å². The van der Waals surface area contributed by atoms with E-state index in [1.807, 2.05) is 6.92 Å². The average Bonchev–Trinajstić information content (AvgIpc) is 2.55. The van der Waals surface area contributed by atoms with E-state index < -0.39 is 0 Å². The van der Waals surface area contributed by atoms with Crippen LogP contribution in [0.5, 0.6) is 0 Å². The second kappa shape index (κ2) is 8.11. The second-order valence-electron chi connectivity index (χ2n) is 6.49. The number of likely N-dealkylation sites (tertiary alicyclic amines) is 1. The predicted molar refractivity (Wildman–Crippen MR) is 89.9 cm³/mol. The van der Waals surface area contributed by atoms with E-state index in [1.165, 1.54) is 10.5 Å². The van der Waals surface area contributed by atoms with Gasteiger partial charge in [0.2, 0.25) is 5.91 Å². The Bertz CT molecular complexity index is 534. The van der Waals surface area contributed by atoms with E-state index >= 15 is 0 Å². The van der Waals surface area contributed by atoms with Crippen molar-refractivity contribution in [1.29, 1.82) is 0 Å². The fourth-order valence-corrected chi connectivity index (χ4v) is 3.13. The number of carbonyl (C=O) groups is 2. The highest BCUT2D eigenvalue weighted by atomic mass is 16.2. The summed E-state index contributed by atoms with van der Waals surface area (Å²) in [7, 11) is 0. The van der Waals surface area contributed by atoms with Crippen LogP contribution in [0.4, 0.5) is 0 Å². The van der Waals surface area contributed by atoms with Crippen molar-refractivity contribution in [3.63, 3.8) is 0 Å². The lowest BCUT2D eigenvalue weighted by Crippen LogP contribution is -3.14. The number of hydrogen-bond acceptors (Lipinski definition) is 2. The highest BCUT2D eigenvalue weighted by Crippen LogP contribution is 2.13. The molecule has 1 fully saturated rings. The van der Waals surface area contributed by atoms with Gasteiger partial charge in [0.1, 0.15) is 0 Å². The van der Waals surface area contributed by atoms with E-state index in [0.717, 1.165) is 37.9 Å². The monoisotopic (exact) mass is 318 g/mol. The molecule has 1 aliphatic rings. The molecular formula is C18H28N3O2+. The first kappa shape index (κ1) is 17.5.